The third-order valence-electron chi connectivity index (χ3n) is 1.96. The lowest BCUT2D eigenvalue weighted by molar-refractivity contribution is 0.756. The van der Waals surface area contributed by atoms with Crippen molar-refractivity contribution in [1.82, 2.24) is 19.7 Å². The summed E-state index contributed by atoms with van der Waals surface area (Å²) in [4.78, 5) is 8.17. The highest BCUT2D eigenvalue weighted by molar-refractivity contribution is 5.60. The molecule has 0 aliphatic heterocycles. The van der Waals surface area contributed by atoms with E-state index in [1.165, 1.54) is 0 Å². The highest BCUT2D eigenvalue weighted by Gasteiger charge is 2.06. The molecule has 0 aliphatic rings. The molecule has 0 unspecified atom stereocenters. The maximum Gasteiger partial charge on any atom is 0.141 e. The van der Waals surface area contributed by atoms with Crippen LogP contribution in [0.25, 0.3) is 11.3 Å². The van der Waals surface area contributed by atoms with Crippen LogP contribution in [0.2, 0.25) is 0 Å². The van der Waals surface area contributed by atoms with Gasteiger partial charge in [0.1, 0.15) is 5.82 Å². The second kappa shape index (κ2) is 3.10. The summed E-state index contributed by atoms with van der Waals surface area (Å²) in [5.74, 6) is 0.426. The van der Waals surface area contributed by atoms with Crippen LogP contribution in [0.5, 0.6) is 0 Å². The van der Waals surface area contributed by atoms with E-state index in [0.29, 0.717) is 5.82 Å². The van der Waals surface area contributed by atoms with Gasteiger partial charge in [-0.1, -0.05) is 0 Å². The number of nitrogens with zero attached hydrogens (tertiary/aromatic N) is 4. The molecular weight excluding hydrogens is 178 g/mol. The first kappa shape index (κ1) is 8.68. The maximum absolute atomic E-state index is 5.45. The number of anilines is 1. The first-order valence-electron chi connectivity index (χ1n) is 4.25. The zero-order valence-electron chi connectivity index (χ0n) is 8.10. The molecule has 0 saturated heterocycles. The molecule has 0 saturated carbocycles. The van der Waals surface area contributed by atoms with Crippen LogP contribution in [-0.2, 0) is 7.05 Å². The molecule has 2 aromatic rings. The minimum atomic E-state index is 0.426. The van der Waals surface area contributed by atoms with Crippen LogP contribution in [-0.4, -0.2) is 19.7 Å². The Balaban J connectivity index is 2.49. The second-order valence-electron chi connectivity index (χ2n) is 3.13. The minimum absolute atomic E-state index is 0.426. The van der Waals surface area contributed by atoms with Crippen LogP contribution < -0.4 is 5.73 Å². The Kier molecular flexibility index (Phi) is 1.92. The molecule has 5 nitrogen and oxygen atoms in total. The van der Waals surface area contributed by atoms with E-state index in [-0.39, 0.29) is 0 Å². The van der Waals surface area contributed by atoms with Gasteiger partial charge < -0.3 is 5.73 Å². The van der Waals surface area contributed by atoms with E-state index in [4.69, 9.17) is 5.73 Å². The molecule has 2 rings (SSSR count). The van der Waals surface area contributed by atoms with Crippen LogP contribution in [0.3, 0.4) is 0 Å². The molecule has 0 aromatic carbocycles. The molecule has 0 radical (unpaired) electrons. The number of aromatic nitrogens is 4. The van der Waals surface area contributed by atoms with E-state index < -0.39 is 0 Å². The quantitative estimate of drug-likeness (QED) is 0.719. The fraction of sp³-hybridized carbons (Fsp3) is 0.222. The predicted molar refractivity (Wildman–Crippen MR) is 53.4 cm³/mol. The van der Waals surface area contributed by atoms with Crippen molar-refractivity contribution in [2.75, 3.05) is 5.73 Å². The molecule has 0 aliphatic carbocycles. The highest BCUT2D eigenvalue weighted by atomic mass is 15.2. The van der Waals surface area contributed by atoms with Gasteiger partial charge in [-0.15, -0.1) is 0 Å². The van der Waals surface area contributed by atoms with Crippen molar-refractivity contribution in [2.24, 2.45) is 7.05 Å². The van der Waals surface area contributed by atoms with Crippen LogP contribution >= 0.6 is 0 Å². The lowest BCUT2D eigenvalue weighted by atomic mass is 10.2. The number of hydrogen-bond acceptors (Lipinski definition) is 4. The van der Waals surface area contributed by atoms with Crippen molar-refractivity contribution in [1.29, 1.82) is 0 Å². The summed E-state index contributed by atoms with van der Waals surface area (Å²) in [7, 11) is 1.88. The summed E-state index contributed by atoms with van der Waals surface area (Å²) < 4.78 is 1.75. The first-order chi connectivity index (χ1) is 6.66. The van der Waals surface area contributed by atoms with Gasteiger partial charge in [-0.05, 0) is 6.92 Å². The highest BCUT2D eigenvalue weighted by Crippen LogP contribution is 2.18. The van der Waals surface area contributed by atoms with E-state index in [0.717, 1.165) is 17.0 Å². The predicted octanol–water partition coefficient (Wildman–Crippen LogP) is 0.768. The summed E-state index contributed by atoms with van der Waals surface area (Å²) >= 11 is 0. The van der Waals surface area contributed by atoms with Gasteiger partial charge in [0.25, 0.3) is 0 Å². The number of hydrogen-bond donors (Lipinski definition) is 1. The Labute approximate surface area is 81.6 Å². The Bertz CT molecular complexity index is 443. The van der Waals surface area contributed by atoms with Gasteiger partial charge >= 0.3 is 0 Å². The van der Waals surface area contributed by atoms with Crippen molar-refractivity contribution in [3.05, 3.63) is 24.3 Å². The second-order valence-corrected chi connectivity index (χ2v) is 3.13. The van der Waals surface area contributed by atoms with E-state index in [2.05, 4.69) is 15.1 Å². The van der Waals surface area contributed by atoms with Crippen LogP contribution in [0.4, 0.5) is 5.82 Å². The topological polar surface area (TPSA) is 69.6 Å². The van der Waals surface area contributed by atoms with Crippen molar-refractivity contribution in [3.8, 4) is 11.3 Å². The largest absolute Gasteiger partial charge is 0.382 e. The molecule has 5 heteroatoms. The molecule has 0 spiro atoms. The lowest BCUT2D eigenvalue weighted by Crippen LogP contribution is -1.92. The van der Waals surface area contributed by atoms with Crippen LogP contribution in [0.15, 0.2) is 18.6 Å². The lowest BCUT2D eigenvalue weighted by Gasteiger charge is -1.97. The van der Waals surface area contributed by atoms with E-state index in [9.17, 15) is 0 Å². The van der Waals surface area contributed by atoms with Crippen molar-refractivity contribution in [3.63, 3.8) is 0 Å². The molecule has 14 heavy (non-hydrogen) atoms. The summed E-state index contributed by atoms with van der Waals surface area (Å²) in [6, 6.07) is 0. The van der Waals surface area contributed by atoms with Crippen molar-refractivity contribution >= 4 is 5.82 Å². The Morgan fingerprint density at radius 2 is 2.07 bits per heavy atom. The number of aryl methyl sites for hydroxylation is 2. The number of rotatable bonds is 1. The van der Waals surface area contributed by atoms with Crippen molar-refractivity contribution in [2.45, 2.75) is 6.92 Å². The first-order valence-corrected chi connectivity index (χ1v) is 4.25. The van der Waals surface area contributed by atoms with E-state index in [1.807, 2.05) is 20.2 Å². The van der Waals surface area contributed by atoms with E-state index in [1.54, 1.807) is 17.1 Å². The van der Waals surface area contributed by atoms with Gasteiger partial charge in [0.05, 0.1) is 23.8 Å². The van der Waals surface area contributed by atoms with Crippen molar-refractivity contribution < 1.29 is 0 Å². The third-order valence-corrected chi connectivity index (χ3v) is 1.96. The fourth-order valence-electron chi connectivity index (χ4n) is 1.33. The van der Waals surface area contributed by atoms with Gasteiger partial charge in [-0.2, -0.15) is 5.10 Å². The van der Waals surface area contributed by atoms with Gasteiger partial charge in [-0.3, -0.25) is 9.67 Å². The SMILES string of the molecule is Cc1nn(C)cc1-c1cnc(N)cn1. The van der Waals surface area contributed by atoms with Gasteiger partial charge in [0, 0.05) is 18.8 Å². The van der Waals surface area contributed by atoms with Crippen LogP contribution in [0.1, 0.15) is 5.69 Å². The van der Waals surface area contributed by atoms with Gasteiger partial charge in [-0.25, -0.2) is 4.98 Å². The summed E-state index contributed by atoms with van der Waals surface area (Å²) in [6.07, 6.45) is 5.11. The minimum Gasteiger partial charge on any atom is -0.382 e. The normalized spacial score (nSPS) is 10.4. The van der Waals surface area contributed by atoms with Gasteiger partial charge in [0.15, 0.2) is 0 Å². The average molecular weight is 189 g/mol. The number of nitrogen functional groups attached to an aromatic ring is 1. The van der Waals surface area contributed by atoms with E-state index >= 15 is 0 Å². The molecule has 0 fully saturated rings. The average Bonchev–Trinajstić information content (AvgIpc) is 2.47. The van der Waals surface area contributed by atoms with Crippen LogP contribution in [0, 0.1) is 6.92 Å². The molecule has 2 aromatic heterocycles. The number of nitrogens with two attached hydrogens (primary N) is 1. The molecule has 0 amide bonds. The zero-order valence-corrected chi connectivity index (χ0v) is 8.10. The molecule has 0 atom stereocenters. The van der Waals surface area contributed by atoms with Gasteiger partial charge in [0.2, 0.25) is 0 Å². The standard InChI is InChI=1S/C9H11N5/c1-6-7(5-14(2)13-6)8-3-12-9(10)4-11-8/h3-5H,1-2H3,(H2,10,12). The Morgan fingerprint density at radius 3 is 2.57 bits per heavy atom. The Morgan fingerprint density at radius 1 is 1.29 bits per heavy atom. The molecule has 2 N–H and O–H groups in total. The summed E-state index contributed by atoms with van der Waals surface area (Å²) in [6.45, 7) is 1.94. The third kappa shape index (κ3) is 1.44. The fourth-order valence-corrected chi connectivity index (χ4v) is 1.33. The smallest absolute Gasteiger partial charge is 0.141 e. The summed E-state index contributed by atoms with van der Waals surface area (Å²) in [5.41, 5.74) is 8.17. The maximum atomic E-state index is 5.45. The molecule has 0 bridgehead atoms. The molecule has 2 heterocycles. The zero-order chi connectivity index (χ0) is 10.1. The monoisotopic (exact) mass is 189 g/mol. The Hall–Kier alpha value is -1.91. The summed E-state index contributed by atoms with van der Waals surface area (Å²) in [5, 5.41) is 4.23. The molecule has 72 valence electrons. The molecular formula is C9H11N5.